The fraction of sp³-hybridized carbons (Fsp3) is 0.417. The van der Waals surface area contributed by atoms with Crippen molar-refractivity contribution in [3.63, 3.8) is 0 Å². The fourth-order valence-corrected chi connectivity index (χ4v) is 2.10. The Morgan fingerprint density at radius 3 is 2.85 bits per heavy atom. The summed E-state index contributed by atoms with van der Waals surface area (Å²) in [6, 6.07) is 5.31. The fourth-order valence-electron chi connectivity index (χ4n) is 1.75. The smallest absolute Gasteiger partial charge is 0.182 e. The zero-order chi connectivity index (χ0) is 14.7. The van der Waals surface area contributed by atoms with E-state index in [0.29, 0.717) is 23.8 Å². The zero-order valence-corrected chi connectivity index (χ0v) is 12.4. The van der Waals surface area contributed by atoms with Crippen molar-refractivity contribution in [3.05, 3.63) is 18.2 Å². The number of hydrogen-bond acceptors (Lipinski definition) is 6. The topological polar surface area (TPSA) is 95.9 Å². The highest BCUT2D eigenvalue weighted by Crippen LogP contribution is 2.25. The van der Waals surface area contributed by atoms with Gasteiger partial charge in [0.1, 0.15) is 5.75 Å². The molecule has 0 amide bonds. The molecule has 1 heterocycles. The lowest BCUT2D eigenvalue weighted by molar-refractivity contribution is 0.415. The van der Waals surface area contributed by atoms with Gasteiger partial charge < -0.3 is 10.5 Å². The summed E-state index contributed by atoms with van der Waals surface area (Å²) < 4.78 is 18.3. The summed E-state index contributed by atoms with van der Waals surface area (Å²) in [5, 5.41) is 11.6. The largest absolute Gasteiger partial charge is 0.497 e. The third-order valence-electron chi connectivity index (χ3n) is 2.95. The molecule has 0 saturated carbocycles. The molecule has 0 spiro atoms. The van der Waals surface area contributed by atoms with Crippen molar-refractivity contribution < 1.29 is 8.95 Å². The Bertz CT molecular complexity index is 628. The van der Waals surface area contributed by atoms with Gasteiger partial charge in [-0.05, 0) is 29.5 Å². The van der Waals surface area contributed by atoms with Crippen LogP contribution in [-0.4, -0.2) is 43.0 Å². The third-order valence-corrected chi connectivity index (χ3v) is 4.23. The SMILES string of the molecule is COc1cc(N)cc(-c2nnnn2CC(C)S(C)=O)c1. The Morgan fingerprint density at radius 2 is 2.20 bits per heavy atom. The van der Waals surface area contributed by atoms with Crippen LogP contribution in [0.3, 0.4) is 0 Å². The third kappa shape index (κ3) is 3.13. The van der Waals surface area contributed by atoms with Crippen molar-refractivity contribution in [3.8, 4) is 17.1 Å². The molecule has 0 aliphatic heterocycles. The van der Waals surface area contributed by atoms with Crippen LogP contribution in [0.5, 0.6) is 5.75 Å². The van der Waals surface area contributed by atoms with Crippen molar-refractivity contribution >= 4 is 16.5 Å². The summed E-state index contributed by atoms with van der Waals surface area (Å²) in [6.45, 7) is 2.37. The Morgan fingerprint density at radius 1 is 1.45 bits per heavy atom. The first-order chi connectivity index (χ1) is 9.51. The molecule has 108 valence electrons. The number of methoxy groups -OCH3 is 1. The summed E-state index contributed by atoms with van der Waals surface area (Å²) in [7, 11) is 0.637. The van der Waals surface area contributed by atoms with Gasteiger partial charge in [0.2, 0.25) is 0 Å². The second kappa shape index (κ2) is 6.00. The Labute approximate surface area is 119 Å². The van der Waals surface area contributed by atoms with E-state index in [2.05, 4.69) is 15.5 Å². The van der Waals surface area contributed by atoms with Gasteiger partial charge in [0.05, 0.1) is 18.9 Å². The van der Waals surface area contributed by atoms with E-state index in [1.165, 1.54) is 0 Å². The Balaban J connectivity index is 2.36. The number of tetrazole rings is 1. The average molecular weight is 295 g/mol. The van der Waals surface area contributed by atoms with Crippen molar-refractivity contribution in [2.75, 3.05) is 19.1 Å². The second-order valence-electron chi connectivity index (χ2n) is 4.49. The first kappa shape index (κ1) is 14.4. The van der Waals surface area contributed by atoms with Gasteiger partial charge in [0.15, 0.2) is 5.82 Å². The monoisotopic (exact) mass is 295 g/mol. The van der Waals surface area contributed by atoms with Gasteiger partial charge in [0.25, 0.3) is 0 Å². The number of hydrogen-bond donors (Lipinski definition) is 1. The molecule has 1 aromatic carbocycles. The molecule has 2 rings (SSSR count). The average Bonchev–Trinajstić information content (AvgIpc) is 2.85. The highest BCUT2D eigenvalue weighted by molar-refractivity contribution is 7.84. The molecule has 0 aliphatic carbocycles. The molecule has 0 saturated heterocycles. The van der Waals surface area contributed by atoms with E-state index in [1.807, 2.05) is 13.0 Å². The lowest BCUT2D eigenvalue weighted by Crippen LogP contribution is -2.19. The van der Waals surface area contributed by atoms with Crippen LogP contribution in [0, 0.1) is 0 Å². The van der Waals surface area contributed by atoms with Crippen LogP contribution in [0.25, 0.3) is 11.4 Å². The maximum absolute atomic E-state index is 11.5. The van der Waals surface area contributed by atoms with E-state index in [0.717, 1.165) is 5.56 Å². The molecule has 1 aromatic heterocycles. The molecular formula is C12H17N5O2S. The molecule has 0 bridgehead atoms. The zero-order valence-electron chi connectivity index (χ0n) is 11.6. The second-order valence-corrected chi connectivity index (χ2v) is 6.29. The van der Waals surface area contributed by atoms with Crippen LogP contribution in [0.15, 0.2) is 18.2 Å². The van der Waals surface area contributed by atoms with E-state index < -0.39 is 10.8 Å². The minimum Gasteiger partial charge on any atom is -0.497 e. The molecule has 2 N–H and O–H groups in total. The Kier molecular flexibility index (Phi) is 4.33. The maximum Gasteiger partial charge on any atom is 0.182 e. The lowest BCUT2D eigenvalue weighted by Gasteiger charge is -2.10. The van der Waals surface area contributed by atoms with Crippen molar-refractivity contribution in [2.45, 2.75) is 18.7 Å². The highest BCUT2D eigenvalue weighted by Gasteiger charge is 2.15. The molecule has 0 radical (unpaired) electrons. The predicted molar refractivity (Wildman–Crippen MR) is 77.7 cm³/mol. The molecule has 2 atom stereocenters. The van der Waals surface area contributed by atoms with Gasteiger partial charge in [-0.25, -0.2) is 4.68 Å². The van der Waals surface area contributed by atoms with Crippen LogP contribution in [0.1, 0.15) is 6.92 Å². The van der Waals surface area contributed by atoms with E-state index in [-0.39, 0.29) is 5.25 Å². The quantitative estimate of drug-likeness (QED) is 0.816. The number of nitrogens with two attached hydrogens (primary N) is 1. The van der Waals surface area contributed by atoms with Crippen LogP contribution < -0.4 is 10.5 Å². The molecule has 7 nitrogen and oxygen atoms in total. The molecular weight excluding hydrogens is 278 g/mol. The summed E-state index contributed by atoms with van der Waals surface area (Å²) in [6.07, 6.45) is 1.66. The summed E-state index contributed by atoms with van der Waals surface area (Å²) in [5.41, 5.74) is 7.17. The van der Waals surface area contributed by atoms with Gasteiger partial charge in [0, 0.05) is 34.4 Å². The highest BCUT2D eigenvalue weighted by atomic mass is 32.2. The number of aromatic nitrogens is 4. The van der Waals surface area contributed by atoms with E-state index in [9.17, 15) is 4.21 Å². The van der Waals surface area contributed by atoms with Crippen LogP contribution in [0.4, 0.5) is 5.69 Å². The number of ether oxygens (including phenoxy) is 1. The molecule has 0 fully saturated rings. The molecule has 0 aliphatic rings. The van der Waals surface area contributed by atoms with Gasteiger partial charge >= 0.3 is 0 Å². The maximum atomic E-state index is 11.5. The summed E-state index contributed by atoms with van der Waals surface area (Å²) in [4.78, 5) is 0. The first-order valence-electron chi connectivity index (χ1n) is 6.04. The van der Waals surface area contributed by atoms with Crippen LogP contribution >= 0.6 is 0 Å². The Hall–Kier alpha value is -1.96. The number of benzene rings is 1. The van der Waals surface area contributed by atoms with Crippen molar-refractivity contribution in [2.24, 2.45) is 0 Å². The van der Waals surface area contributed by atoms with Gasteiger partial charge in [-0.3, -0.25) is 4.21 Å². The number of nitrogen functional groups attached to an aromatic ring is 1. The lowest BCUT2D eigenvalue weighted by atomic mass is 10.1. The normalized spacial score (nSPS) is 13.9. The van der Waals surface area contributed by atoms with E-state index in [1.54, 1.807) is 30.2 Å². The van der Waals surface area contributed by atoms with Crippen LogP contribution in [0.2, 0.25) is 0 Å². The number of anilines is 1. The minimum absolute atomic E-state index is 0.0415. The molecule has 2 aromatic rings. The first-order valence-corrected chi connectivity index (χ1v) is 7.66. The van der Waals surface area contributed by atoms with E-state index >= 15 is 0 Å². The van der Waals surface area contributed by atoms with Crippen molar-refractivity contribution in [1.82, 2.24) is 20.2 Å². The number of nitrogens with zero attached hydrogens (tertiary/aromatic N) is 4. The van der Waals surface area contributed by atoms with Gasteiger partial charge in [-0.15, -0.1) is 5.10 Å². The van der Waals surface area contributed by atoms with E-state index in [4.69, 9.17) is 10.5 Å². The summed E-state index contributed by atoms with van der Waals surface area (Å²) >= 11 is 0. The van der Waals surface area contributed by atoms with Crippen LogP contribution in [-0.2, 0) is 17.3 Å². The minimum atomic E-state index is -0.936. The molecule has 2 unspecified atom stereocenters. The predicted octanol–water partition coefficient (Wildman–Crippen LogP) is 0.698. The van der Waals surface area contributed by atoms with Gasteiger partial charge in [-0.2, -0.15) is 0 Å². The summed E-state index contributed by atoms with van der Waals surface area (Å²) in [5.74, 6) is 1.22. The molecule has 8 heteroatoms. The van der Waals surface area contributed by atoms with Crippen molar-refractivity contribution in [1.29, 1.82) is 0 Å². The number of rotatable bonds is 5. The molecule has 20 heavy (non-hydrogen) atoms. The van der Waals surface area contributed by atoms with Gasteiger partial charge in [-0.1, -0.05) is 0 Å². The standard InChI is InChI=1S/C12H17N5O2S/c1-8(20(3)18)7-17-12(14-15-16-17)9-4-10(13)6-11(5-9)19-2/h4-6,8H,7,13H2,1-3H3.